The number of halogens is 1. The van der Waals surface area contributed by atoms with Gasteiger partial charge in [0.2, 0.25) is 0 Å². The molecule has 1 aliphatic rings. The maximum atomic E-state index is 13.0. The molecule has 162 valence electrons. The van der Waals surface area contributed by atoms with Gasteiger partial charge in [-0.05, 0) is 43.7 Å². The van der Waals surface area contributed by atoms with E-state index >= 15 is 0 Å². The zero-order valence-electron chi connectivity index (χ0n) is 17.5. The highest BCUT2D eigenvalue weighted by molar-refractivity contribution is 6.30. The third kappa shape index (κ3) is 4.34. The van der Waals surface area contributed by atoms with Crippen LogP contribution in [-0.2, 0) is 11.3 Å². The number of fused-ring (bicyclic) bond motifs is 1. The molecule has 3 aromatic rings. The normalized spacial score (nSPS) is 14.2. The first-order valence-corrected chi connectivity index (χ1v) is 10.6. The molecule has 0 spiro atoms. The number of carbonyl (C=O) groups excluding carboxylic acids is 1. The second kappa shape index (κ2) is 8.93. The summed E-state index contributed by atoms with van der Waals surface area (Å²) in [6, 6.07) is 7.11. The maximum absolute atomic E-state index is 13.0. The van der Waals surface area contributed by atoms with Gasteiger partial charge in [-0.2, -0.15) is 0 Å². The summed E-state index contributed by atoms with van der Waals surface area (Å²) < 4.78 is 7.37. The van der Waals surface area contributed by atoms with Crippen molar-refractivity contribution in [3.63, 3.8) is 0 Å². The van der Waals surface area contributed by atoms with Crippen LogP contribution < -0.4 is 15.2 Å². The zero-order chi connectivity index (χ0) is 22.0. The molecule has 0 radical (unpaired) electrons. The third-order valence-electron chi connectivity index (χ3n) is 5.47. The lowest BCUT2D eigenvalue weighted by molar-refractivity contribution is -0.133. The van der Waals surface area contributed by atoms with Crippen LogP contribution in [0.25, 0.3) is 11.0 Å². The van der Waals surface area contributed by atoms with Crippen molar-refractivity contribution in [2.45, 2.75) is 20.4 Å². The number of rotatable bonds is 5. The number of aromatic nitrogens is 3. The number of amides is 1. The molecule has 1 fully saturated rings. The van der Waals surface area contributed by atoms with E-state index in [9.17, 15) is 9.59 Å². The summed E-state index contributed by atoms with van der Waals surface area (Å²) in [7, 11) is 0. The van der Waals surface area contributed by atoms with Crippen molar-refractivity contribution in [2.24, 2.45) is 0 Å². The van der Waals surface area contributed by atoms with Gasteiger partial charge in [0.05, 0.1) is 17.2 Å². The Hall–Kier alpha value is -3.13. The summed E-state index contributed by atoms with van der Waals surface area (Å²) in [6.07, 6.45) is 3.33. The minimum atomic E-state index is -0.135. The molecule has 0 saturated carbocycles. The number of piperazine rings is 1. The van der Waals surface area contributed by atoms with Crippen molar-refractivity contribution in [3.8, 4) is 5.75 Å². The first kappa shape index (κ1) is 21.1. The summed E-state index contributed by atoms with van der Waals surface area (Å²) in [6.45, 7) is 6.40. The summed E-state index contributed by atoms with van der Waals surface area (Å²) in [5.41, 5.74) is 2.21. The molecule has 1 saturated heterocycles. The van der Waals surface area contributed by atoms with E-state index in [0.717, 1.165) is 16.6 Å². The highest BCUT2D eigenvalue weighted by atomic mass is 35.5. The van der Waals surface area contributed by atoms with Crippen molar-refractivity contribution in [1.29, 1.82) is 0 Å². The van der Waals surface area contributed by atoms with Gasteiger partial charge in [-0.25, -0.2) is 4.98 Å². The van der Waals surface area contributed by atoms with Gasteiger partial charge in [-0.15, -0.1) is 0 Å². The van der Waals surface area contributed by atoms with E-state index in [-0.39, 0.29) is 18.1 Å². The Morgan fingerprint density at radius 3 is 2.68 bits per heavy atom. The lowest BCUT2D eigenvalue weighted by Gasteiger charge is -2.35. The van der Waals surface area contributed by atoms with E-state index in [0.29, 0.717) is 49.3 Å². The van der Waals surface area contributed by atoms with E-state index in [1.54, 1.807) is 46.1 Å². The van der Waals surface area contributed by atoms with Crippen LogP contribution in [0.2, 0.25) is 5.02 Å². The van der Waals surface area contributed by atoms with Crippen LogP contribution in [0.1, 0.15) is 12.5 Å². The monoisotopic (exact) mass is 441 g/mol. The Bertz CT molecular complexity index is 1170. The number of nitrogens with zero attached hydrogens (tertiary/aromatic N) is 5. The molecule has 1 amide bonds. The molecule has 0 aliphatic carbocycles. The minimum Gasteiger partial charge on any atom is -0.483 e. The number of hydrogen-bond acceptors (Lipinski definition) is 6. The molecule has 1 aromatic carbocycles. The standard InChI is InChI=1S/C22H24ClN5O3/c1-3-28-18-13-24-7-6-17(18)25-21(22(28)30)27-10-8-26(9-11-27)20(29)14-31-19-5-4-16(23)12-15(19)2/h4-7,12-13H,3,8-11,14H2,1-2H3. The highest BCUT2D eigenvalue weighted by Crippen LogP contribution is 2.22. The molecule has 2 aromatic heterocycles. The predicted octanol–water partition coefficient (Wildman–Crippen LogP) is 2.50. The minimum absolute atomic E-state index is 0.0354. The Morgan fingerprint density at radius 2 is 1.97 bits per heavy atom. The van der Waals surface area contributed by atoms with Crippen LogP contribution >= 0.6 is 11.6 Å². The number of benzene rings is 1. The quantitative estimate of drug-likeness (QED) is 0.605. The Morgan fingerprint density at radius 1 is 1.19 bits per heavy atom. The smallest absolute Gasteiger partial charge is 0.294 e. The fourth-order valence-corrected chi connectivity index (χ4v) is 3.99. The molecule has 9 heteroatoms. The topological polar surface area (TPSA) is 80.6 Å². The van der Waals surface area contributed by atoms with E-state index < -0.39 is 0 Å². The fraction of sp³-hybridized carbons (Fsp3) is 0.364. The summed E-state index contributed by atoms with van der Waals surface area (Å²) in [4.78, 5) is 38.0. The number of carbonyl (C=O) groups is 1. The maximum Gasteiger partial charge on any atom is 0.294 e. The van der Waals surface area contributed by atoms with Gasteiger partial charge in [-0.1, -0.05) is 11.6 Å². The molecular weight excluding hydrogens is 418 g/mol. The van der Waals surface area contributed by atoms with E-state index in [4.69, 9.17) is 16.3 Å². The van der Waals surface area contributed by atoms with Crippen LogP contribution in [0.5, 0.6) is 5.75 Å². The summed E-state index contributed by atoms with van der Waals surface area (Å²) in [5.74, 6) is 0.976. The lowest BCUT2D eigenvalue weighted by Crippen LogP contribution is -2.51. The van der Waals surface area contributed by atoms with Gasteiger partial charge in [0.25, 0.3) is 11.5 Å². The van der Waals surface area contributed by atoms with Gasteiger partial charge >= 0.3 is 0 Å². The summed E-state index contributed by atoms with van der Waals surface area (Å²) >= 11 is 5.96. The number of pyridine rings is 1. The molecule has 1 aliphatic heterocycles. The molecule has 31 heavy (non-hydrogen) atoms. The predicted molar refractivity (Wildman–Crippen MR) is 120 cm³/mol. The lowest BCUT2D eigenvalue weighted by atomic mass is 10.2. The van der Waals surface area contributed by atoms with Gasteiger partial charge in [0.1, 0.15) is 5.75 Å². The van der Waals surface area contributed by atoms with Crippen LogP contribution in [0.15, 0.2) is 41.5 Å². The molecular formula is C22H24ClN5O3. The van der Waals surface area contributed by atoms with Gasteiger partial charge in [0, 0.05) is 43.9 Å². The first-order valence-electron chi connectivity index (χ1n) is 10.2. The van der Waals surface area contributed by atoms with Crippen LogP contribution in [-0.4, -0.2) is 58.1 Å². The van der Waals surface area contributed by atoms with E-state index in [2.05, 4.69) is 9.97 Å². The molecule has 0 unspecified atom stereocenters. The molecule has 3 heterocycles. The molecule has 0 bridgehead atoms. The SMILES string of the molecule is CCn1c(=O)c(N2CCN(C(=O)COc3ccc(Cl)cc3C)CC2)nc2ccncc21. The van der Waals surface area contributed by atoms with Crippen LogP contribution in [0.4, 0.5) is 5.82 Å². The molecule has 0 N–H and O–H groups in total. The van der Waals surface area contributed by atoms with Gasteiger partial charge in [0.15, 0.2) is 12.4 Å². The second-order valence-electron chi connectivity index (χ2n) is 7.42. The average Bonchev–Trinajstić information content (AvgIpc) is 2.78. The van der Waals surface area contributed by atoms with E-state index in [1.165, 1.54) is 0 Å². The first-order chi connectivity index (χ1) is 15.0. The Kier molecular flexibility index (Phi) is 6.08. The van der Waals surface area contributed by atoms with Gasteiger partial charge < -0.3 is 19.1 Å². The van der Waals surface area contributed by atoms with E-state index in [1.807, 2.05) is 18.7 Å². The third-order valence-corrected chi connectivity index (χ3v) is 5.70. The number of hydrogen-bond donors (Lipinski definition) is 0. The number of anilines is 1. The zero-order valence-corrected chi connectivity index (χ0v) is 18.3. The van der Waals surface area contributed by atoms with Crippen molar-refractivity contribution >= 4 is 34.4 Å². The van der Waals surface area contributed by atoms with Crippen molar-refractivity contribution in [2.75, 3.05) is 37.7 Å². The molecule has 8 nitrogen and oxygen atoms in total. The van der Waals surface area contributed by atoms with Gasteiger partial charge in [-0.3, -0.25) is 14.6 Å². The number of aryl methyl sites for hydroxylation is 2. The van der Waals surface area contributed by atoms with Crippen LogP contribution in [0.3, 0.4) is 0 Å². The largest absolute Gasteiger partial charge is 0.483 e. The van der Waals surface area contributed by atoms with Crippen molar-refractivity contribution in [1.82, 2.24) is 19.4 Å². The Labute approximate surface area is 185 Å². The van der Waals surface area contributed by atoms with Crippen molar-refractivity contribution in [3.05, 3.63) is 57.6 Å². The second-order valence-corrected chi connectivity index (χ2v) is 7.85. The van der Waals surface area contributed by atoms with Crippen molar-refractivity contribution < 1.29 is 9.53 Å². The summed E-state index contributed by atoms with van der Waals surface area (Å²) in [5, 5.41) is 0.632. The molecule has 4 rings (SSSR count). The van der Waals surface area contributed by atoms with Crippen LogP contribution in [0, 0.1) is 6.92 Å². The highest BCUT2D eigenvalue weighted by Gasteiger charge is 2.25. The Balaban J connectivity index is 1.42. The fourth-order valence-electron chi connectivity index (χ4n) is 3.77. The molecule has 0 atom stereocenters. The number of ether oxygens (including phenoxy) is 1. The average molecular weight is 442 g/mol.